The summed E-state index contributed by atoms with van der Waals surface area (Å²) in [5.74, 6) is -0.111. The number of aryl methyl sites for hydroxylation is 1. The monoisotopic (exact) mass is 286 g/mol. The first kappa shape index (κ1) is 14.1. The first-order valence-corrected chi connectivity index (χ1v) is 7.81. The highest BCUT2D eigenvalue weighted by Gasteiger charge is 2.36. The minimum Gasteiger partial charge on any atom is -0.353 e. The van der Waals surface area contributed by atoms with Crippen molar-refractivity contribution in [2.24, 2.45) is 5.92 Å². The molecule has 1 atom stereocenters. The molecule has 1 N–H and O–H groups in total. The molecule has 1 aromatic rings. The largest absolute Gasteiger partial charge is 0.353 e. The van der Waals surface area contributed by atoms with Gasteiger partial charge < -0.3 is 10.2 Å². The van der Waals surface area contributed by atoms with Gasteiger partial charge in [-0.25, -0.2) is 0 Å². The van der Waals surface area contributed by atoms with Gasteiger partial charge in [0.2, 0.25) is 11.8 Å². The Morgan fingerprint density at radius 1 is 1.24 bits per heavy atom. The van der Waals surface area contributed by atoms with Crippen molar-refractivity contribution >= 4 is 17.5 Å². The van der Waals surface area contributed by atoms with Crippen LogP contribution in [0, 0.1) is 12.8 Å². The molecule has 112 valence electrons. The van der Waals surface area contributed by atoms with Crippen LogP contribution in [-0.4, -0.2) is 24.4 Å². The number of amides is 2. The van der Waals surface area contributed by atoms with Crippen molar-refractivity contribution in [3.8, 4) is 0 Å². The predicted molar refractivity (Wildman–Crippen MR) is 82.0 cm³/mol. The molecule has 4 nitrogen and oxygen atoms in total. The molecule has 1 aliphatic heterocycles. The molecule has 21 heavy (non-hydrogen) atoms. The SMILES string of the molecule is Cc1ccccc1N1C[C@H](C(=O)NC2CCCC2)CC1=O. The minimum absolute atomic E-state index is 0.0475. The highest BCUT2D eigenvalue weighted by atomic mass is 16.2. The van der Waals surface area contributed by atoms with Crippen LogP contribution in [0.5, 0.6) is 0 Å². The third kappa shape index (κ3) is 2.94. The van der Waals surface area contributed by atoms with Crippen molar-refractivity contribution in [1.29, 1.82) is 0 Å². The number of rotatable bonds is 3. The van der Waals surface area contributed by atoms with Gasteiger partial charge in [0.15, 0.2) is 0 Å². The maximum atomic E-state index is 12.3. The normalized spacial score (nSPS) is 22.8. The molecule has 3 rings (SSSR count). The predicted octanol–water partition coefficient (Wildman–Crippen LogP) is 2.41. The van der Waals surface area contributed by atoms with E-state index in [1.165, 1.54) is 12.8 Å². The number of anilines is 1. The molecule has 2 aliphatic rings. The molecule has 1 saturated heterocycles. The number of hydrogen-bond acceptors (Lipinski definition) is 2. The zero-order valence-electron chi connectivity index (χ0n) is 12.5. The number of nitrogens with one attached hydrogen (secondary N) is 1. The lowest BCUT2D eigenvalue weighted by molar-refractivity contribution is -0.126. The average molecular weight is 286 g/mol. The molecular weight excluding hydrogens is 264 g/mol. The van der Waals surface area contributed by atoms with Crippen LogP contribution in [-0.2, 0) is 9.59 Å². The first-order chi connectivity index (χ1) is 10.1. The summed E-state index contributed by atoms with van der Waals surface area (Å²) >= 11 is 0. The molecule has 2 fully saturated rings. The number of carbonyl (C=O) groups excluding carboxylic acids is 2. The summed E-state index contributed by atoms with van der Waals surface area (Å²) in [6.45, 7) is 2.50. The Labute approximate surface area is 125 Å². The Morgan fingerprint density at radius 3 is 2.67 bits per heavy atom. The first-order valence-electron chi connectivity index (χ1n) is 7.81. The zero-order valence-corrected chi connectivity index (χ0v) is 12.5. The molecule has 0 bridgehead atoms. The van der Waals surface area contributed by atoms with E-state index in [1.54, 1.807) is 4.90 Å². The molecule has 0 aromatic heterocycles. The molecule has 1 saturated carbocycles. The van der Waals surface area contributed by atoms with Crippen LogP contribution in [0.3, 0.4) is 0 Å². The van der Waals surface area contributed by atoms with E-state index in [-0.39, 0.29) is 17.7 Å². The number of para-hydroxylation sites is 1. The Balaban J connectivity index is 1.67. The van der Waals surface area contributed by atoms with Crippen molar-refractivity contribution < 1.29 is 9.59 Å². The lowest BCUT2D eigenvalue weighted by Gasteiger charge is -2.19. The second-order valence-corrected chi connectivity index (χ2v) is 6.18. The van der Waals surface area contributed by atoms with Crippen LogP contribution in [0.4, 0.5) is 5.69 Å². The summed E-state index contributed by atoms with van der Waals surface area (Å²) in [5, 5.41) is 3.11. The van der Waals surface area contributed by atoms with Crippen molar-refractivity contribution in [2.45, 2.75) is 45.1 Å². The van der Waals surface area contributed by atoms with Gasteiger partial charge >= 0.3 is 0 Å². The Hall–Kier alpha value is -1.84. The zero-order chi connectivity index (χ0) is 14.8. The Morgan fingerprint density at radius 2 is 1.95 bits per heavy atom. The third-order valence-electron chi connectivity index (χ3n) is 4.60. The van der Waals surface area contributed by atoms with Gasteiger partial charge in [-0.2, -0.15) is 0 Å². The third-order valence-corrected chi connectivity index (χ3v) is 4.60. The molecule has 0 spiro atoms. The van der Waals surface area contributed by atoms with Crippen LogP contribution < -0.4 is 10.2 Å². The molecule has 0 radical (unpaired) electrons. The average Bonchev–Trinajstić information content (AvgIpc) is 3.09. The Bertz CT molecular complexity index is 549. The number of hydrogen-bond donors (Lipinski definition) is 1. The summed E-state index contributed by atoms with van der Waals surface area (Å²) < 4.78 is 0. The molecule has 2 amide bonds. The Kier molecular flexibility index (Phi) is 3.95. The number of carbonyl (C=O) groups is 2. The fourth-order valence-electron chi connectivity index (χ4n) is 3.37. The van der Waals surface area contributed by atoms with Crippen molar-refractivity contribution in [1.82, 2.24) is 5.32 Å². The molecular formula is C17H22N2O2. The highest BCUT2D eigenvalue weighted by Crippen LogP contribution is 2.28. The standard InChI is InChI=1S/C17H22N2O2/c1-12-6-2-5-9-15(12)19-11-13(10-16(19)20)17(21)18-14-7-3-4-8-14/h2,5-6,9,13-14H,3-4,7-8,10-11H2,1H3,(H,18,21)/t13-/m1/s1. The van der Waals surface area contributed by atoms with Gasteiger partial charge in [-0.1, -0.05) is 31.0 Å². The van der Waals surface area contributed by atoms with Crippen LogP contribution in [0.25, 0.3) is 0 Å². The molecule has 1 aromatic carbocycles. The van der Waals surface area contributed by atoms with Crippen LogP contribution >= 0.6 is 0 Å². The van der Waals surface area contributed by atoms with Gasteiger partial charge in [0.25, 0.3) is 0 Å². The van der Waals surface area contributed by atoms with E-state index in [1.807, 2.05) is 31.2 Å². The van der Waals surface area contributed by atoms with Crippen LogP contribution in [0.1, 0.15) is 37.7 Å². The lowest BCUT2D eigenvalue weighted by Crippen LogP contribution is -2.38. The summed E-state index contributed by atoms with van der Waals surface area (Å²) in [6.07, 6.45) is 4.88. The van der Waals surface area contributed by atoms with Gasteiger partial charge in [0.05, 0.1) is 5.92 Å². The van der Waals surface area contributed by atoms with Crippen molar-refractivity contribution in [3.63, 3.8) is 0 Å². The van der Waals surface area contributed by atoms with Crippen LogP contribution in [0.2, 0.25) is 0 Å². The van der Waals surface area contributed by atoms with Gasteiger partial charge in [-0.05, 0) is 31.4 Å². The second kappa shape index (κ2) is 5.88. The summed E-state index contributed by atoms with van der Waals surface area (Å²) in [7, 11) is 0. The number of nitrogens with zero attached hydrogens (tertiary/aromatic N) is 1. The van der Waals surface area contributed by atoms with E-state index in [0.29, 0.717) is 19.0 Å². The lowest BCUT2D eigenvalue weighted by atomic mass is 10.1. The molecule has 4 heteroatoms. The van der Waals surface area contributed by atoms with E-state index in [9.17, 15) is 9.59 Å². The van der Waals surface area contributed by atoms with E-state index in [4.69, 9.17) is 0 Å². The maximum absolute atomic E-state index is 12.3. The van der Waals surface area contributed by atoms with Crippen molar-refractivity contribution in [2.75, 3.05) is 11.4 Å². The molecule has 1 heterocycles. The van der Waals surface area contributed by atoms with Gasteiger partial charge in [-0.3, -0.25) is 9.59 Å². The topological polar surface area (TPSA) is 49.4 Å². The number of benzene rings is 1. The quantitative estimate of drug-likeness (QED) is 0.927. The molecule has 0 unspecified atom stereocenters. The van der Waals surface area contributed by atoms with Gasteiger partial charge in [0.1, 0.15) is 0 Å². The fourth-order valence-corrected chi connectivity index (χ4v) is 3.37. The van der Waals surface area contributed by atoms with E-state index in [2.05, 4.69) is 5.32 Å². The van der Waals surface area contributed by atoms with Gasteiger partial charge in [-0.15, -0.1) is 0 Å². The highest BCUT2D eigenvalue weighted by molar-refractivity contribution is 6.00. The van der Waals surface area contributed by atoms with Crippen molar-refractivity contribution in [3.05, 3.63) is 29.8 Å². The summed E-state index contributed by atoms with van der Waals surface area (Å²) in [4.78, 5) is 26.3. The smallest absolute Gasteiger partial charge is 0.227 e. The van der Waals surface area contributed by atoms with E-state index in [0.717, 1.165) is 24.1 Å². The summed E-state index contributed by atoms with van der Waals surface area (Å²) in [5.41, 5.74) is 2.00. The van der Waals surface area contributed by atoms with Gasteiger partial charge in [0, 0.05) is 24.7 Å². The second-order valence-electron chi connectivity index (χ2n) is 6.18. The molecule has 1 aliphatic carbocycles. The van der Waals surface area contributed by atoms with E-state index >= 15 is 0 Å². The van der Waals surface area contributed by atoms with E-state index < -0.39 is 0 Å². The fraction of sp³-hybridized carbons (Fsp3) is 0.529. The van der Waals surface area contributed by atoms with Crippen LogP contribution in [0.15, 0.2) is 24.3 Å². The summed E-state index contributed by atoms with van der Waals surface area (Å²) in [6, 6.07) is 8.16. The maximum Gasteiger partial charge on any atom is 0.227 e. The minimum atomic E-state index is -0.210.